The molecule has 0 saturated carbocycles. The smallest absolute Gasteiger partial charge is 0.326 e. The number of H-pyrrole nitrogens is 1. The number of fused-ring (bicyclic) bond motifs is 1. The van der Waals surface area contributed by atoms with E-state index >= 15 is 0 Å². The Bertz CT molecular complexity index is 1130. The maximum absolute atomic E-state index is 13.1. The van der Waals surface area contributed by atoms with Gasteiger partial charge in [0.2, 0.25) is 17.7 Å². The number of aromatic amines is 1. The van der Waals surface area contributed by atoms with Crippen molar-refractivity contribution in [3.63, 3.8) is 0 Å². The number of hydrogen-bond acceptors (Lipinski definition) is 6. The van der Waals surface area contributed by atoms with Crippen molar-refractivity contribution in [2.45, 2.75) is 70.6 Å². The number of carboxylic acids is 2. The fourth-order valence-electron chi connectivity index (χ4n) is 3.81. The average Bonchev–Trinajstić information content (AvgIpc) is 3.22. The Morgan fingerprint density at radius 1 is 0.892 bits per heavy atom. The van der Waals surface area contributed by atoms with Gasteiger partial charge in [-0.25, -0.2) is 4.79 Å². The summed E-state index contributed by atoms with van der Waals surface area (Å²) >= 11 is 0. The van der Waals surface area contributed by atoms with Crippen molar-refractivity contribution in [3.05, 3.63) is 36.0 Å². The van der Waals surface area contributed by atoms with Crippen molar-refractivity contribution in [3.8, 4) is 0 Å². The number of rotatable bonds is 14. The normalized spacial score (nSPS) is 14.4. The van der Waals surface area contributed by atoms with Crippen LogP contribution in [-0.2, 0) is 30.4 Å². The van der Waals surface area contributed by atoms with Gasteiger partial charge in [-0.1, -0.05) is 32.0 Å². The molecule has 2 aromatic rings. The summed E-state index contributed by atoms with van der Waals surface area (Å²) in [6.45, 7) is 5.15. The van der Waals surface area contributed by atoms with Gasteiger partial charge in [-0.05, 0) is 37.3 Å². The minimum Gasteiger partial charge on any atom is -0.481 e. The monoisotopic (exact) mass is 517 g/mol. The number of carbonyl (C=O) groups is 5. The molecule has 0 aliphatic carbocycles. The van der Waals surface area contributed by atoms with Crippen molar-refractivity contribution < 1.29 is 34.2 Å². The van der Waals surface area contributed by atoms with E-state index in [0.29, 0.717) is 5.56 Å². The van der Waals surface area contributed by atoms with E-state index in [0.717, 1.165) is 10.9 Å². The minimum absolute atomic E-state index is 0.00277. The van der Waals surface area contributed by atoms with E-state index in [9.17, 15) is 29.1 Å². The molecule has 0 bridgehead atoms. The fourth-order valence-corrected chi connectivity index (χ4v) is 3.81. The quantitative estimate of drug-likeness (QED) is 0.188. The summed E-state index contributed by atoms with van der Waals surface area (Å²) in [6.07, 6.45) is 1.15. The Morgan fingerprint density at radius 3 is 2.08 bits per heavy atom. The lowest BCUT2D eigenvalue weighted by Crippen LogP contribution is -2.57. The molecule has 3 amide bonds. The lowest BCUT2D eigenvalue weighted by molar-refractivity contribution is -0.143. The molecule has 2 rings (SSSR count). The largest absolute Gasteiger partial charge is 0.481 e. The molecule has 0 aliphatic rings. The molecule has 12 heteroatoms. The zero-order valence-electron chi connectivity index (χ0n) is 21.1. The summed E-state index contributed by atoms with van der Waals surface area (Å²) in [5.41, 5.74) is 7.07. The number of nitrogens with two attached hydrogens (primary N) is 1. The third kappa shape index (κ3) is 8.90. The fraction of sp³-hybridized carbons (Fsp3) is 0.480. The molecule has 0 aliphatic heterocycles. The maximum Gasteiger partial charge on any atom is 0.326 e. The number of benzene rings is 1. The number of hydrogen-bond donors (Lipinski definition) is 7. The average molecular weight is 518 g/mol. The first-order valence-electron chi connectivity index (χ1n) is 12.0. The van der Waals surface area contributed by atoms with Gasteiger partial charge in [-0.3, -0.25) is 19.2 Å². The van der Waals surface area contributed by atoms with Crippen molar-refractivity contribution in [2.24, 2.45) is 11.7 Å². The Kier molecular flexibility index (Phi) is 10.6. The van der Waals surface area contributed by atoms with Gasteiger partial charge < -0.3 is 36.9 Å². The second-order valence-electron chi connectivity index (χ2n) is 9.44. The number of aliphatic carboxylic acids is 2. The minimum atomic E-state index is -1.34. The van der Waals surface area contributed by atoms with E-state index < -0.39 is 60.2 Å². The van der Waals surface area contributed by atoms with E-state index in [1.54, 1.807) is 6.20 Å². The molecule has 0 radical (unpaired) electrons. The topological polar surface area (TPSA) is 204 Å². The van der Waals surface area contributed by atoms with Crippen LogP contribution in [0.15, 0.2) is 30.5 Å². The molecule has 202 valence electrons. The van der Waals surface area contributed by atoms with Crippen molar-refractivity contribution >= 4 is 40.6 Å². The Hall–Kier alpha value is -3.93. The molecule has 1 heterocycles. The van der Waals surface area contributed by atoms with Gasteiger partial charge in [0.25, 0.3) is 0 Å². The Labute approximate surface area is 214 Å². The van der Waals surface area contributed by atoms with Gasteiger partial charge in [-0.15, -0.1) is 0 Å². The molecular formula is C25H35N5O7. The molecule has 4 unspecified atom stereocenters. The number of aromatic nitrogens is 1. The van der Waals surface area contributed by atoms with E-state index in [-0.39, 0.29) is 25.2 Å². The SMILES string of the molecule is CC(C)CC(NC(=O)C(C)N)C(=O)NC(CCC(=O)O)C(=O)NC(Cc1c[nH]c2ccccc12)C(=O)O. The van der Waals surface area contributed by atoms with E-state index in [2.05, 4.69) is 20.9 Å². The van der Waals surface area contributed by atoms with Crippen LogP contribution in [0.4, 0.5) is 0 Å². The second-order valence-corrected chi connectivity index (χ2v) is 9.44. The van der Waals surface area contributed by atoms with Crippen LogP contribution in [0, 0.1) is 5.92 Å². The highest BCUT2D eigenvalue weighted by Gasteiger charge is 2.31. The van der Waals surface area contributed by atoms with Crippen LogP contribution >= 0.6 is 0 Å². The van der Waals surface area contributed by atoms with Crippen LogP contribution < -0.4 is 21.7 Å². The number of carboxylic acid groups (broad SMARTS) is 2. The third-order valence-corrected chi connectivity index (χ3v) is 5.75. The number of amides is 3. The summed E-state index contributed by atoms with van der Waals surface area (Å²) in [6, 6.07) is 2.75. The van der Waals surface area contributed by atoms with Gasteiger partial charge in [-0.2, -0.15) is 0 Å². The standard InChI is InChI=1S/C25H35N5O7/c1-13(2)10-19(29-22(33)14(3)26)24(35)28-18(8-9-21(31)32)23(34)30-20(25(36)37)11-15-12-27-17-7-5-4-6-16(15)17/h4-7,12-14,18-20,27H,8-11,26H2,1-3H3,(H,28,35)(H,29,33)(H,30,34)(H,31,32)(H,36,37). The number of carbonyl (C=O) groups excluding carboxylic acids is 3. The first kappa shape index (κ1) is 29.3. The predicted octanol–water partition coefficient (Wildman–Crippen LogP) is 0.508. The molecule has 37 heavy (non-hydrogen) atoms. The zero-order chi connectivity index (χ0) is 27.7. The molecule has 1 aromatic carbocycles. The summed E-state index contributed by atoms with van der Waals surface area (Å²) in [5, 5.41) is 27.1. The Balaban J connectivity index is 2.20. The highest BCUT2D eigenvalue weighted by Crippen LogP contribution is 2.19. The van der Waals surface area contributed by atoms with Gasteiger partial charge in [0.05, 0.1) is 6.04 Å². The molecule has 1 aromatic heterocycles. The van der Waals surface area contributed by atoms with Gasteiger partial charge in [0.15, 0.2) is 0 Å². The third-order valence-electron chi connectivity index (χ3n) is 5.75. The van der Waals surface area contributed by atoms with Crippen molar-refractivity contribution in [1.29, 1.82) is 0 Å². The summed E-state index contributed by atoms with van der Waals surface area (Å²) in [7, 11) is 0. The molecule has 0 saturated heterocycles. The van der Waals surface area contributed by atoms with Crippen LogP contribution in [0.2, 0.25) is 0 Å². The van der Waals surface area contributed by atoms with Crippen LogP contribution in [0.5, 0.6) is 0 Å². The van der Waals surface area contributed by atoms with Gasteiger partial charge in [0.1, 0.15) is 18.1 Å². The van der Waals surface area contributed by atoms with E-state index in [1.165, 1.54) is 6.92 Å². The van der Waals surface area contributed by atoms with Crippen molar-refractivity contribution in [1.82, 2.24) is 20.9 Å². The summed E-state index contributed by atoms with van der Waals surface area (Å²) in [5.74, 6) is -4.58. The summed E-state index contributed by atoms with van der Waals surface area (Å²) < 4.78 is 0. The second kappa shape index (κ2) is 13.4. The van der Waals surface area contributed by atoms with E-state index in [1.807, 2.05) is 38.1 Å². The van der Waals surface area contributed by atoms with Crippen LogP contribution in [0.25, 0.3) is 10.9 Å². The molecular weight excluding hydrogens is 482 g/mol. The molecule has 0 spiro atoms. The van der Waals surface area contributed by atoms with Gasteiger partial charge in [0, 0.05) is 29.9 Å². The molecule has 8 N–H and O–H groups in total. The highest BCUT2D eigenvalue weighted by molar-refractivity contribution is 5.94. The highest BCUT2D eigenvalue weighted by atomic mass is 16.4. The molecule has 0 fully saturated rings. The predicted molar refractivity (Wildman–Crippen MR) is 135 cm³/mol. The zero-order valence-corrected chi connectivity index (χ0v) is 21.1. The lowest BCUT2D eigenvalue weighted by Gasteiger charge is -2.25. The van der Waals surface area contributed by atoms with Crippen LogP contribution in [0.3, 0.4) is 0 Å². The first-order valence-corrected chi connectivity index (χ1v) is 12.0. The van der Waals surface area contributed by atoms with E-state index in [4.69, 9.17) is 10.8 Å². The summed E-state index contributed by atoms with van der Waals surface area (Å²) in [4.78, 5) is 64.3. The Morgan fingerprint density at radius 2 is 1.49 bits per heavy atom. The first-order chi connectivity index (χ1) is 17.4. The maximum atomic E-state index is 13.1. The lowest BCUT2D eigenvalue weighted by atomic mass is 10.0. The van der Waals surface area contributed by atoms with Gasteiger partial charge >= 0.3 is 11.9 Å². The molecule has 12 nitrogen and oxygen atoms in total. The van der Waals surface area contributed by atoms with Crippen LogP contribution in [-0.4, -0.2) is 69.0 Å². The van der Waals surface area contributed by atoms with Crippen molar-refractivity contribution in [2.75, 3.05) is 0 Å². The number of nitrogens with one attached hydrogen (secondary N) is 4. The number of para-hydroxylation sites is 1. The van der Waals surface area contributed by atoms with Crippen LogP contribution in [0.1, 0.15) is 45.6 Å². The molecule has 4 atom stereocenters.